The molecule has 2 aromatic heterocycles. The van der Waals surface area contributed by atoms with E-state index in [4.69, 9.17) is 11.6 Å². The van der Waals surface area contributed by atoms with Crippen molar-refractivity contribution < 1.29 is 0 Å². The van der Waals surface area contributed by atoms with E-state index in [0.717, 1.165) is 62.0 Å². The van der Waals surface area contributed by atoms with Crippen LogP contribution in [-0.4, -0.2) is 71.6 Å². The van der Waals surface area contributed by atoms with Gasteiger partial charge in [-0.05, 0) is 57.5 Å². The molecule has 1 atom stereocenters. The van der Waals surface area contributed by atoms with Gasteiger partial charge in [-0.1, -0.05) is 38.1 Å². The van der Waals surface area contributed by atoms with Crippen molar-refractivity contribution in [3.8, 4) is 0 Å². The van der Waals surface area contributed by atoms with E-state index in [1.54, 1.807) is 0 Å². The molecule has 0 aromatic carbocycles. The Labute approximate surface area is 211 Å². The van der Waals surface area contributed by atoms with Crippen LogP contribution in [-0.2, 0) is 6.54 Å². The summed E-state index contributed by atoms with van der Waals surface area (Å²) in [5, 5.41) is 3.75. The summed E-state index contributed by atoms with van der Waals surface area (Å²) < 4.78 is 0. The monoisotopic (exact) mass is 484 g/mol. The molecule has 2 aromatic rings. The van der Waals surface area contributed by atoms with Crippen LogP contribution in [0.4, 0.5) is 5.82 Å². The molecule has 0 spiro atoms. The summed E-state index contributed by atoms with van der Waals surface area (Å²) >= 11 is 6.59. The van der Waals surface area contributed by atoms with Crippen LogP contribution in [0.25, 0.3) is 5.70 Å². The fraction of sp³-hybridized carbons (Fsp3) is 0.556. The van der Waals surface area contributed by atoms with E-state index in [1.165, 1.54) is 18.4 Å². The molecule has 1 unspecified atom stereocenters. The van der Waals surface area contributed by atoms with Gasteiger partial charge in [-0.3, -0.25) is 14.8 Å². The van der Waals surface area contributed by atoms with Gasteiger partial charge in [-0.25, -0.2) is 4.98 Å². The highest BCUT2D eigenvalue weighted by atomic mass is 35.5. The molecule has 6 nitrogen and oxygen atoms in total. The second kappa shape index (κ2) is 12.5. The topological polar surface area (TPSA) is 47.5 Å². The highest BCUT2D eigenvalue weighted by Gasteiger charge is 2.32. The zero-order valence-electron chi connectivity index (χ0n) is 21.5. The van der Waals surface area contributed by atoms with Crippen molar-refractivity contribution in [2.75, 3.05) is 44.7 Å². The van der Waals surface area contributed by atoms with Gasteiger partial charge in [-0.15, -0.1) is 0 Å². The van der Waals surface area contributed by atoms with Gasteiger partial charge >= 0.3 is 0 Å². The van der Waals surface area contributed by atoms with E-state index >= 15 is 0 Å². The zero-order chi connectivity index (χ0) is 24.7. The largest absolute Gasteiger partial charge is 0.388 e. The molecule has 2 aliphatic heterocycles. The highest BCUT2D eigenvalue weighted by Crippen LogP contribution is 2.29. The quantitative estimate of drug-likeness (QED) is 0.633. The van der Waals surface area contributed by atoms with Crippen molar-refractivity contribution in [3.05, 3.63) is 59.0 Å². The Morgan fingerprint density at radius 2 is 1.85 bits per heavy atom. The van der Waals surface area contributed by atoms with Gasteiger partial charge in [0.15, 0.2) is 0 Å². The van der Waals surface area contributed by atoms with Gasteiger partial charge in [-0.2, -0.15) is 0 Å². The molecule has 2 fully saturated rings. The number of piperidine rings is 1. The number of aromatic nitrogens is 2. The Morgan fingerprint density at radius 3 is 2.44 bits per heavy atom. The molecule has 0 aliphatic carbocycles. The minimum atomic E-state index is 0.478. The Balaban J connectivity index is 0.00000158. The first-order chi connectivity index (χ1) is 16.4. The van der Waals surface area contributed by atoms with Crippen molar-refractivity contribution in [2.24, 2.45) is 0 Å². The Morgan fingerprint density at radius 1 is 1.12 bits per heavy atom. The first kappa shape index (κ1) is 26.5. The number of halogens is 1. The summed E-state index contributed by atoms with van der Waals surface area (Å²) in [6.45, 7) is 18.6. The number of nitrogens with zero attached hydrogens (tertiary/aromatic N) is 5. The Bertz CT molecular complexity index is 923. The van der Waals surface area contributed by atoms with Crippen molar-refractivity contribution in [3.63, 3.8) is 0 Å². The van der Waals surface area contributed by atoms with E-state index in [2.05, 4.69) is 55.6 Å². The highest BCUT2D eigenvalue weighted by molar-refractivity contribution is 6.33. The third-order valence-electron chi connectivity index (χ3n) is 6.86. The molecular formula is C27H41ClN6. The second-order valence-corrected chi connectivity index (χ2v) is 9.51. The van der Waals surface area contributed by atoms with Crippen LogP contribution in [0, 0.1) is 6.92 Å². The maximum atomic E-state index is 6.59. The lowest BCUT2D eigenvalue weighted by Crippen LogP contribution is -2.57. The molecule has 0 amide bonds. The lowest BCUT2D eigenvalue weighted by Gasteiger charge is -2.47. The zero-order valence-corrected chi connectivity index (χ0v) is 22.3. The predicted octanol–water partition coefficient (Wildman–Crippen LogP) is 4.83. The number of hydrogen-bond acceptors (Lipinski definition) is 6. The van der Waals surface area contributed by atoms with E-state index in [1.807, 2.05) is 46.3 Å². The van der Waals surface area contributed by atoms with E-state index < -0.39 is 0 Å². The average molecular weight is 485 g/mol. The maximum absolute atomic E-state index is 6.59. The molecule has 186 valence electrons. The molecule has 0 bridgehead atoms. The third kappa shape index (κ3) is 6.49. The first-order valence-corrected chi connectivity index (χ1v) is 13.0. The number of rotatable bonds is 6. The maximum Gasteiger partial charge on any atom is 0.147 e. The third-order valence-corrected chi connectivity index (χ3v) is 7.13. The molecule has 7 heteroatoms. The number of hydrogen-bond donors (Lipinski definition) is 1. The summed E-state index contributed by atoms with van der Waals surface area (Å²) in [4.78, 5) is 16.7. The molecule has 2 aliphatic rings. The number of nitrogens with one attached hydrogen (secondary N) is 1. The van der Waals surface area contributed by atoms with Crippen LogP contribution < -0.4 is 10.2 Å². The summed E-state index contributed by atoms with van der Waals surface area (Å²) in [6, 6.07) is 7.40. The first-order valence-electron chi connectivity index (χ1n) is 12.6. The number of aryl methyl sites for hydroxylation is 1. The molecule has 34 heavy (non-hydrogen) atoms. The van der Waals surface area contributed by atoms with Gasteiger partial charge in [0.25, 0.3) is 0 Å². The van der Waals surface area contributed by atoms with E-state index in [9.17, 15) is 0 Å². The Hall–Kier alpha value is -2.15. The standard InChI is InChI=1S/C25H35ClN6.C2H6/c1-18-5-6-21(14-28-18)17-30-9-7-23(8-10-30)32-12-11-31(16-19(32)2)25-24(26)13-22(15-29-25)20(3)27-4;1-2/h5-6,13-15,19,23,27H,3,7-12,16-17H2,1-2,4H3;1-2H3. The summed E-state index contributed by atoms with van der Waals surface area (Å²) in [5.41, 5.74) is 4.15. The molecule has 1 N–H and O–H groups in total. The Kier molecular flexibility index (Phi) is 9.74. The van der Waals surface area contributed by atoms with Crippen LogP contribution >= 0.6 is 11.6 Å². The van der Waals surface area contributed by atoms with Crippen molar-refractivity contribution in [2.45, 2.75) is 59.2 Å². The van der Waals surface area contributed by atoms with Crippen LogP contribution in [0.3, 0.4) is 0 Å². The van der Waals surface area contributed by atoms with E-state index in [0.29, 0.717) is 17.1 Å². The number of anilines is 1. The van der Waals surface area contributed by atoms with Gasteiger partial charge in [0.2, 0.25) is 0 Å². The van der Waals surface area contributed by atoms with Gasteiger partial charge in [0.05, 0.1) is 5.02 Å². The van der Waals surface area contributed by atoms with Crippen LogP contribution in [0.5, 0.6) is 0 Å². The lowest BCUT2D eigenvalue weighted by atomic mass is 9.99. The smallest absolute Gasteiger partial charge is 0.147 e. The fourth-order valence-electron chi connectivity index (χ4n) is 4.94. The van der Waals surface area contributed by atoms with Crippen molar-refractivity contribution in [1.82, 2.24) is 25.1 Å². The summed E-state index contributed by atoms with van der Waals surface area (Å²) in [5.74, 6) is 0.882. The minimum absolute atomic E-state index is 0.478. The molecule has 0 radical (unpaired) electrons. The number of pyridine rings is 2. The second-order valence-electron chi connectivity index (χ2n) is 9.11. The summed E-state index contributed by atoms with van der Waals surface area (Å²) in [7, 11) is 1.86. The normalized spacial score (nSPS) is 19.9. The molecule has 4 heterocycles. The predicted molar refractivity (Wildman–Crippen MR) is 144 cm³/mol. The van der Waals surface area contributed by atoms with E-state index in [-0.39, 0.29) is 0 Å². The molecule has 0 saturated carbocycles. The number of likely N-dealkylation sites (tertiary alicyclic amines) is 1. The minimum Gasteiger partial charge on any atom is -0.388 e. The SMILES string of the molecule is C=C(NC)c1cnc(N2CCN(C3CCN(Cc4ccc(C)nc4)CC3)C(C)C2)c(Cl)c1.CC. The van der Waals surface area contributed by atoms with Crippen molar-refractivity contribution in [1.29, 1.82) is 0 Å². The van der Waals surface area contributed by atoms with Crippen LogP contribution in [0.2, 0.25) is 5.02 Å². The lowest BCUT2D eigenvalue weighted by molar-refractivity contribution is 0.0690. The van der Waals surface area contributed by atoms with Crippen molar-refractivity contribution >= 4 is 23.1 Å². The molecular weight excluding hydrogens is 444 g/mol. The number of piperazine rings is 1. The van der Waals surface area contributed by atoms with Crippen LogP contribution in [0.1, 0.15) is 50.4 Å². The van der Waals surface area contributed by atoms with Gasteiger partial charge < -0.3 is 10.2 Å². The van der Waals surface area contributed by atoms with Gasteiger partial charge in [0, 0.05) is 74.7 Å². The van der Waals surface area contributed by atoms with Gasteiger partial charge in [0.1, 0.15) is 5.82 Å². The fourth-order valence-corrected chi connectivity index (χ4v) is 5.22. The van der Waals surface area contributed by atoms with Crippen LogP contribution in [0.15, 0.2) is 37.2 Å². The molecule has 2 saturated heterocycles. The average Bonchev–Trinajstić information content (AvgIpc) is 2.86. The molecule has 4 rings (SSSR count). The summed E-state index contributed by atoms with van der Waals surface area (Å²) in [6.07, 6.45) is 6.33.